The van der Waals surface area contributed by atoms with Gasteiger partial charge in [0.15, 0.2) is 0 Å². The molecule has 0 bridgehead atoms. The summed E-state index contributed by atoms with van der Waals surface area (Å²) in [4.78, 5) is 38.6. The average Bonchev–Trinajstić information content (AvgIpc) is 3.02. The first-order valence-electron chi connectivity index (χ1n) is 10.8. The van der Waals surface area contributed by atoms with Gasteiger partial charge in [-0.05, 0) is 20.8 Å². The number of hydrogen-bond acceptors (Lipinski definition) is 6. The van der Waals surface area contributed by atoms with Crippen molar-refractivity contribution in [2.45, 2.75) is 42.5 Å². The van der Waals surface area contributed by atoms with Crippen LogP contribution in [0.5, 0.6) is 0 Å². The molecule has 0 aromatic heterocycles. The second-order valence-corrected chi connectivity index (χ2v) is 13.3. The van der Waals surface area contributed by atoms with Gasteiger partial charge in [-0.15, -0.1) is 0 Å². The molecule has 7 nitrogen and oxygen atoms in total. The molecule has 3 unspecified atom stereocenters. The fourth-order valence-electron chi connectivity index (χ4n) is 4.57. The Morgan fingerprint density at radius 2 is 1.94 bits per heavy atom. The van der Waals surface area contributed by atoms with Gasteiger partial charge in [-0.25, -0.2) is 0 Å². The standard InChI is InChI=1S/C22H26AsCl2FN2O5/c1-22(2,3)33-20(30)17-13-8-27(9-14(13)17)16-5-4-11(6-15(16)26)28-12(10-32-21(28)31)7-23-18(29)19(24)25/h4-6,12-14,17,19,23H,7-10H2,1-3H3/t12?,13-,14+,17?. The summed E-state index contributed by atoms with van der Waals surface area (Å²) in [6.45, 7) is 6.85. The number of fused-ring (bicyclic) bond motifs is 1. The van der Waals surface area contributed by atoms with E-state index in [1.165, 1.54) is 11.0 Å². The molecule has 1 aliphatic carbocycles. The summed E-state index contributed by atoms with van der Waals surface area (Å²) in [5.74, 6) is -0.397. The summed E-state index contributed by atoms with van der Waals surface area (Å²) in [7, 11) is 0. The summed E-state index contributed by atoms with van der Waals surface area (Å²) < 4.78 is 25.5. The number of alkyl halides is 2. The van der Waals surface area contributed by atoms with Gasteiger partial charge in [0.25, 0.3) is 0 Å². The Morgan fingerprint density at radius 3 is 2.52 bits per heavy atom. The number of nitrogens with zero attached hydrogens (tertiary/aromatic N) is 2. The summed E-state index contributed by atoms with van der Waals surface area (Å²) in [6.07, 6.45) is -0.567. The van der Waals surface area contributed by atoms with Crippen molar-refractivity contribution in [1.29, 1.82) is 0 Å². The van der Waals surface area contributed by atoms with Gasteiger partial charge >= 0.3 is 173 Å². The fraction of sp³-hybridized carbons (Fsp3) is 0.591. The third-order valence-corrected chi connectivity index (χ3v) is 10.0. The molecule has 1 saturated carbocycles. The third-order valence-electron chi connectivity index (χ3n) is 6.09. The Hall–Kier alpha value is -1.50. The second-order valence-electron chi connectivity index (χ2n) is 9.57. The SMILES string of the molecule is CC(C)(C)OC(=O)C1[C@H]2CN(c3ccc(N4C(=O)OCC4C[AsH]C(=O)C(Cl)Cl)cc3F)C[C@@H]12. The molecular formula is C22H26AsCl2FN2O5. The van der Waals surface area contributed by atoms with Gasteiger partial charge in [0.2, 0.25) is 0 Å². The van der Waals surface area contributed by atoms with Gasteiger partial charge in [0, 0.05) is 0 Å². The Kier molecular flexibility index (Phi) is 6.92. The van der Waals surface area contributed by atoms with E-state index in [1.807, 2.05) is 25.7 Å². The maximum atomic E-state index is 15.1. The molecule has 2 aliphatic heterocycles. The van der Waals surface area contributed by atoms with E-state index in [-0.39, 0.29) is 40.9 Å². The molecule has 11 heteroatoms. The molecule has 0 spiro atoms. The molecule has 0 N–H and O–H groups in total. The Morgan fingerprint density at radius 1 is 1.27 bits per heavy atom. The molecule has 33 heavy (non-hydrogen) atoms. The van der Waals surface area contributed by atoms with Crippen molar-refractivity contribution in [3.63, 3.8) is 0 Å². The van der Waals surface area contributed by atoms with E-state index in [2.05, 4.69) is 0 Å². The number of hydrogen-bond donors (Lipinski definition) is 0. The quantitative estimate of drug-likeness (QED) is 0.288. The molecule has 180 valence electrons. The predicted octanol–water partition coefficient (Wildman–Crippen LogP) is 3.36. The van der Waals surface area contributed by atoms with Gasteiger partial charge in [-0.1, -0.05) is 0 Å². The van der Waals surface area contributed by atoms with Crippen molar-refractivity contribution in [3.8, 4) is 0 Å². The Labute approximate surface area is 208 Å². The van der Waals surface area contributed by atoms with Crippen molar-refractivity contribution in [2.75, 3.05) is 29.5 Å². The number of ether oxygens (including phenoxy) is 2. The molecule has 2 heterocycles. The van der Waals surface area contributed by atoms with Crippen LogP contribution in [0.1, 0.15) is 20.8 Å². The number of esters is 1. The van der Waals surface area contributed by atoms with Crippen LogP contribution in [0.3, 0.4) is 0 Å². The number of cyclic esters (lactones) is 1. The summed E-state index contributed by atoms with van der Waals surface area (Å²) in [5.41, 5.74) is 0.302. The maximum absolute atomic E-state index is 15.1. The Bertz CT molecular complexity index is 961. The second kappa shape index (κ2) is 9.27. The summed E-state index contributed by atoms with van der Waals surface area (Å²) in [6, 6.07) is 4.29. The number of carbonyl (C=O) groups excluding carboxylic acids is 3. The molecule has 2 saturated heterocycles. The normalized spacial score (nSPS) is 26.8. The van der Waals surface area contributed by atoms with Crippen LogP contribution in [-0.2, 0) is 19.1 Å². The molecule has 0 radical (unpaired) electrons. The topological polar surface area (TPSA) is 76.2 Å². The zero-order chi connectivity index (χ0) is 24.1. The third kappa shape index (κ3) is 5.28. The van der Waals surface area contributed by atoms with Crippen LogP contribution < -0.4 is 9.80 Å². The van der Waals surface area contributed by atoms with Gasteiger partial charge in [-0.3, -0.25) is 4.79 Å². The first-order valence-corrected chi connectivity index (χ1v) is 14.2. The number of carbonyl (C=O) groups is 3. The van der Waals surface area contributed by atoms with Crippen LogP contribution in [0.15, 0.2) is 18.2 Å². The van der Waals surface area contributed by atoms with Crippen LogP contribution in [0, 0.1) is 23.6 Å². The van der Waals surface area contributed by atoms with E-state index in [4.69, 9.17) is 32.7 Å². The van der Waals surface area contributed by atoms with Crippen molar-refractivity contribution < 1.29 is 28.2 Å². The molecule has 4 rings (SSSR count). The average molecular weight is 563 g/mol. The molecule has 3 aliphatic rings. The summed E-state index contributed by atoms with van der Waals surface area (Å²) in [5, 5.41) is 0.436. The molecular weight excluding hydrogens is 537 g/mol. The first-order chi connectivity index (χ1) is 15.5. The Balaban J connectivity index is 1.39. The zero-order valence-corrected chi connectivity index (χ0v) is 22.1. The zero-order valence-electron chi connectivity index (χ0n) is 18.5. The van der Waals surface area contributed by atoms with Gasteiger partial charge in [0.05, 0.1) is 0 Å². The number of anilines is 2. The molecule has 1 amide bonds. The van der Waals surface area contributed by atoms with Crippen molar-refractivity contribution in [2.24, 2.45) is 17.8 Å². The van der Waals surface area contributed by atoms with Crippen LogP contribution in [-0.4, -0.2) is 68.6 Å². The van der Waals surface area contributed by atoms with E-state index in [9.17, 15) is 14.4 Å². The minimum absolute atomic E-state index is 0.116. The fourth-order valence-corrected chi connectivity index (χ4v) is 7.24. The van der Waals surface area contributed by atoms with Gasteiger partial charge < -0.3 is 4.74 Å². The number of amides is 1. The van der Waals surface area contributed by atoms with Crippen LogP contribution in [0.2, 0.25) is 5.21 Å². The van der Waals surface area contributed by atoms with Crippen LogP contribution in [0.4, 0.5) is 20.6 Å². The van der Waals surface area contributed by atoms with E-state index < -0.39 is 38.1 Å². The van der Waals surface area contributed by atoms with Crippen LogP contribution in [0.25, 0.3) is 0 Å². The van der Waals surface area contributed by atoms with E-state index in [1.54, 1.807) is 12.1 Å². The van der Waals surface area contributed by atoms with Crippen molar-refractivity contribution in [1.82, 2.24) is 0 Å². The van der Waals surface area contributed by atoms with Crippen molar-refractivity contribution in [3.05, 3.63) is 24.0 Å². The molecule has 5 atom stereocenters. The predicted molar refractivity (Wildman–Crippen MR) is 125 cm³/mol. The van der Waals surface area contributed by atoms with Crippen LogP contribution >= 0.6 is 23.2 Å². The van der Waals surface area contributed by atoms with Gasteiger partial charge in [-0.2, -0.15) is 0 Å². The van der Waals surface area contributed by atoms with Gasteiger partial charge in [0.1, 0.15) is 5.60 Å². The molecule has 1 aromatic rings. The first kappa shape index (κ1) is 24.6. The number of piperidine rings is 1. The molecule has 1 aromatic carbocycles. The monoisotopic (exact) mass is 562 g/mol. The number of benzene rings is 1. The summed E-state index contributed by atoms with van der Waals surface area (Å²) >= 11 is 10.1. The minimum atomic E-state index is -1.13. The number of halogens is 3. The van der Waals surface area contributed by atoms with E-state index in [0.717, 1.165) is 0 Å². The molecule has 3 fully saturated rings. The van der Waals surface area contributed by atoms with E-state index >= 15 is 4.39 Å². The number of rotatable bonds is 7. The van der Waals surface area contributed by atoms with Crippen molar-refractivity contribution >= 4 is 67.0 Å². The van der Waals surface area contributed by atoms with E-state index in [0.29, 0.717) is 29.7 Å².